The van der Waals surface area contributed by atoms with Gasteiger partial charge in [-0.1, -0.05) is 31.2 Å². The van der Waals surface area contributed by atoms with Crippen molar-refractivity contribution in [1.82, 2.24) is 5.32 Å². The second-order valence-corrected chi connectivity index (χ2v) is 6.27. The third-order valence-corrected chi connectivity index (χ3v) is 4.28. The first kappa shape index (κ1) is 19.2. The molecule has 0 unspecified atom stereocenters. The zero-order valence-electron chi connectivity index (χ0n) is 15.6. The van der Waals surface area contributed by atoms with Crippen molar-refractivity contribution in [3.05, 3.63) is 54.1 Å². The van der Waals surface area contributed by atoms with Gasteiger partial charge in [-0.05, 0) is 30.7 Å². The minimum absolute atomic E-state index is 0.0919. The Morgan fingerprint density at radius 1 is 1.25 bits per heavy atom. The van der Waals surface area contributed by atoms with Crippen molar-refractivity contribution in [3.63, 3.8) is 0 Å². The SMILES string of the molecule is CCCNC(=O)[C@@H]1CN(C(=O)COc2ccccc2C#N)c2ccccc2O1. The van der Waals surface area contributed by atoms with Gasteiger partial charge in [0, 0.05) is 6.54 Å². The average molecular weight is 379 g/mol. The van der Waals surface area contributed by atoms with E-state index in [4.69, 9.17) is 14.7 Å². The molecule has 0 aliphatic carbocycles. The fourth-order valence-corrected chi connectivity index (χ4v) is 2.87. The molecule has 2 amide bonds. The Morgan fingerprint density at radius 2 is 2.00 bits per heavy atom. The van der Waals surface area contributed by atoms with Gasteiger partial charge in [0.2, 0.25) is 0 Å². The minimum Gasteiger partial charge on any atom is -0.482 e. The van der Waals surface area contributed by atoms with Crippen molar-refractivity contribution in [2.24, 2.45) is 0 Å². The lowest BCUT2D eigenvalue weighted by atomic mass is 10.1. The van der Waals surface area contributed by atoms with Gasteiger partial charge in [-0.15, -0.1) is 0 Å². The van der Waals surface area contributed by atoms with Gasteiger partial charge in [0.05, 0.1) is 17.8 Å². The Hall–Kier alpha value is -3.53. The Morgan fingerprint density at radius 3 is 2.79 bits per heavy atom. The van der Waals surface area contributed by atoms with Crippen LogP contribution in [0.1, 0.15) is 18.9 Å². The van der Waals surface area contributed by atoms with Crippen LogP contribution in [0.5, 0.6) is 11.5 Å². The molecular formula is C21H21N3O4. The summed E-state index contributed by atoms with van der Waals surface area (Å²) in [6.45, 7) is 2.34. The number of hydrogen-bond acceptors (Lipinski definition) is 5. The van der Waals surface area contributed by atoms with Crippen molar-refractivity contribution in [1.29, 1.82) is 5.26 Å². The molecule has 1 heterocycles. The summed E-state index contributed by atoms with van der Waals surface area (Å²) < 4.78 is 11.3. The average Bonchev–Trinajstić information content (AvgIpc) is 2.75. The maximum atomic E-state index is 12.8. The van der Waals surface area contributed by atoms with Crippen molar-refractivity contribution < 1.29 is 19.1 Å². The summed E-state index contributed by atoms with van der Waals surface area (Å²) in [5.74, 6) is 0.231. The zero-order chi connectivity index (χ0) is 19.9. The maximum absolute atomic E-state index is 12.8. The van der Waals surface area contributed by atoms with Crippen LogP contribution < -0.4 is 19.7 Å². The molecule has 0 saturated heterocycles. The number of nitrogens with one attached hydrogen (secondary N) is 1. The largest absolute Gasteiger partial charge is 0.482 e. The van der Waals surface area contributed by atoms with E-state index in [1.165, 1.54) is 4.90 Å². The van der Waals surface area contributed by atoms with E-state index < -0.39 is 6.10 Å². The molecule has 0 bridgehead atoms. The van der Waals surface area contributed by atoms with E-state index in [0.717, 1.165) is 6.42 Å². The lowest BCUT2D eigenvalue weighted by Crippen LogP contribution is -2.51. The Labute approximate surface area is 163 Å². The van der Waals surface area contributed by atoms with Gasteiger partial charge in [0.15, 0.2) is 12.7 Å². The van der Waals surface area contributed by atoms with Crippen molar-refractivity contribution in [2.75, 3.05) is 24.6 Å². The van der Waals surface area contributed by atoms with E-state index in [0.29, 0.717) is 29.3 Å². The molecule has 0 radical (unpaired) electrons. The number of hydrogen-bond donors (Lipinski definition) is 1. The molecule has 1 atom stereocenters. The zero-order valence-corrected chi connectivity index (χ0v) is 15.6. The molecule has 1 aliphatic heterocycles. The molecule has 7 heteroatoms. The van der Waals surface area contributed by atoms with Gasteiger partial charge in [-0.3, -0.25) is 9.59 Å². The number of fused-ring (bicyclic) bond motifs is 1. The third kappa shape index (κ3) is 4.23. The first-order chi connectivity index (χ1) is 13.6. The number of ether oxygens (including phenoxy) is 2. The molecule has 1 N–H and O–H groups in total. The highest BCUT2D eigenvalue weighted by atomic mass is 16.5. The van der Waals surface area contributed by atoms with Crippen LogP contribution in [-0.4, -0.2) is 37.6 Å². The van der Waals surface area contributed by atoms with Gasteiger partial charge in [-0.2, -0.15) is 5.26 Å². The summed E-state index contributed by atoms with van der Waals surface area (Å²) in [6, 6.07) is 15.8. The molecule has 3 rings (SSSR count). The maximum Gasteiger partial charge on any atom is 0.265 e. The number of benzene rings is 2. The summed E-state index contributed by atoms with van der Waals surface area (Å²) in [7, 11) is 0. The summed E-state index contributed by atoms with van der Waals surface area (Å²) in [5.41, 5.74) is 0.943. The van der Waals surface area contributed by atoms with E-state index in [9.17, 15) is 9.59 Å². The Balaban J connectivity index is 1.76. The fourth-order valence-electron chi connectivity index (χ4n) is 2.87. The normalized spacial score (nSPS) is 15.0. The number of nitrogens with zero attached hydrogens (tertiary/aromatic N) is 2. The number of carbonyl (C=O) groups excluding carboxylic acids is 2. The molecule has 28 heavy (non-hydrogen) atoms. The highest BCUT2D eigenvalue weighted by molar-refractivity contribution is 5.98. The highest BCUT2D eigenvalue weighted by Crippen LogP contribution is 2.33. The molecule has 1 aliphatic rings. The quantitative estimate of drug-likeness (QED) is 0.831. The monoisotopic (exact) mass is 379 g/mol. The molecule has 2 aromatic rings. The molecule has 144 valence electrons. The predicted octanol–water partition coefficient (Wildman–Crippen LogP) is 2.26. The van der Waals surface area contributed by atoms with Gasteiger partial charge in [0.1, 0.15) is 17.6 Å². The second-order valence-electron chi connectivity index (χ2n) is 6.27. The first-order valence-electron chi connectivity index (χ1n) is 9.09. The molecular weight excluding hydrogens is 358 g/mol. The van der Waals surface area contributed by atoms with Crippen LogP contribution in [0, 0.1) is 11.3 Å². The van der Waals surface area contributed by atoms with Crippen molar-refractivity contribution in [2.45, 2.75) is 19.4 Å². The number of nitriles is 1. The van der Waals surface area contributed by atoms with Crippen LogP contribution in [0.3, 0.4) is 0 Å². The van der Waals surface area contributed by atoms with Crippen LogP contribution in [0.15, 0.2) is 48.5 Å². The summed E-state index contributed by atoms with van der Waals surface area (Å²) in [5, 5.41) is 11.9. The van der Waals surface area contributed by atoms with E-state index in [1.807, 2.05) is 13.0 Å². The smallest absolute Gasteiger partial charge is 0.265 e. The van der Waals surface area contributed by atoms with Crippen LogP contribution >= 0.6 is 0 Å². The molecule has 2 aromatic carbocycles. The molecule has 0 saturated carbocycles. The van der Waals surface area contributed by atoms with E-state index in [2.05, 4.69) is 5.32 Å². The number of carbonyl (C=O) groups is 2. The second kappa shape index (κ2) is 8.91. The minimum atomic E-state index is -0.795. The number of amides is 2. The number of anilines is 1. The molecule has 0 spiro atoms. The predicted molar refractivity (Wildman–Crippen MR) is 103 cm³/mol. The number of rotatable bonds is 6. The summed E-state index contributed by atoms with van der Waals surface area (Å²) in [6.07, 6.45) is 0.0147. The lowest BCUT2D eigenvalue weighted by Gasteiger charge is -2.34. The summed E-state index contributed by atoms with van der Waals surface area (Å²) in [4.78, 5) is 26.7. The Bertz CT molecular complexity index is 907. The van der Waals surface area contributed by atoms with E-state index in [1.54, 1.807) is 48.5 Å². The van der Waals surface area contributed by atoms with Crippen LogP contribution in [0.25, 0.3) is 0 Å². The topological polar surface area (TPSA) is 91.7 Å². The Kier molecular flexibility index (Phi) is 6.12. The fraction of sp³-hybridized carbons (Fsp3) is 0.286. The highest BCUT2D eigenvalue weighted by Gasteiger charge is 2.33. The van der Waals surface area contributed by atoms with Crippen LogP contribution in [0.4, 0.5) is 5.69 Å². The molecule has 0 fully saturated rings. The number of para-hydroxylation sites is 3. The van der Waals surface area contributed by atoms with Crippen molar-refractivity contribution in [3.8, 4) is 17.6 Å². The van der Waals surface area contributed by atoms with Crippen molar-refractivity contribution >= 4 is 17.5 Å². The van der Waals surface area contributed by atoms with Crippen LogP contribution in [-0.2, 0) is 9.59 Å². The first-order valence-corrected chi connectivity index (χ1v) is 9.09. The van der Waals surface area contributed by atoms with E-state index >= 15 is 0 Å². The van der Waals surface area contributed by atoms with Gasteiger partial charge in [-0.25, -0.2) is 0 Å². The van der Waals surface area contributed by atoms with Gasteiger partial charge in [0.25, 0.3) is 11.8 Å². The lowest BCUT2D eigenvalue weighted by molar-refractivity contribution is -0.128. The third-order valence-electron chi connectivity index (χ3n) is 4.28. The van der Waals surface area contributed by atoms with Gasteiger partial charge < -0.3 is 19.7 Å². The van der Waals surface area contributed by atoms with Crippen LogP contribution in [0.2, 0.25) is 0 Å². The molecule has 0 aromatic heterocycles. The summed E-state index contributed by atoms with van der Waals surface area (Å²) >= 11 is 0. The molecule has 7 nitrogen and oxygen atoms in total. The van der Waals surface area contributed by atoms with Gasteiger partial charge >= 0.3 is 0 Å². The van der Waals surface area contributed by atoms with E-state index in [-0.39, 0.29) is 25.0 Å². The standard InChI is InChI=1S/C21H21N3O4/c1-2-11-23-21(26)19-13-24(16-8-4-6-10-18(16)28-19)20(25)14-27-17-9-5-3-7-15(17)12-22/h3-10,19H,2,11,13-14H2,1H3,(H,23,26)/t19-/m0/s1.